The van der Waals surface area contributed by atoms with Crippen molar-refractivity contribution in [2.75, 3.05) is 33.8 Å². The van der Waals surface area contributed by atoms with Gasteiger partial charge in [-0.2, -0.15) is 0 Å². The lowest BCUT2D eigenvalue weighted by molar-refractivity contribution is -0.140. The minimum absolute atomic E-state index is 0.147. The van der Waals surface area contributed by atoms with Crippen LogP contribution < -0.4 is 38.5 Å². The number of aliphatic hydroxyl groups is 1. The predicted octanol–water partition coefficient (Wildman–Crippen LogP) is 4.98. The molecule has 2 unspecified atom stereocenters. The van der Waals surface area contributed by atoms with Crippen molar-refractivity contribution in [3.05, 3.63) is 60.4 Å². The summed E-state index contributed by atoms with van der Waals surface area (Å²) in [5.41, 5.74) is 17.5. The Morgan fingerprint density at radius 2 is 1.56 bits per heavy atom. The lowest BCUT2D eigenvalue weighted by Crippen LogP contribution is -2.46. The summed E-state index contributed by atoms with van der Waals surface area (Å²) in [7, 11) is 2.50. The molecule has 2 aromatic carbocycles. The molecular weight excluding hydrogens is 783 g/mol. The number of urea groups is 1. The maximum atomic E-state index is 11.8. The van der Waals surface area contributed by atoms with E-state index in [1.54, 1.807) is 0 Å². The van der Waals surface area contributed by atoms with Crippen molar-refractivity contribution in [3.8, 4) is 0 Å². The van der Waals surface area contributed by atoms with Crippen molar-refractivity contribution in [1.82, 2.24) is 21.3 Å². The molecule has 17 heteroatoms. The fourth-order valence-electron chi connectivity index (χ4n) is 5.36. The Labute approximate surface area is 363 Å². The molecule has 1 heterocycles. The molecule has 4 rings (SSSR count). The van der Waals surface area contributed by atoms with Crippen LogP contribution in [0.5, 0.6) is 0 Å². The SMILES string of the molecule is C=C(NCCCC)NC(=O)C1CCCCC1.CC.CC1N=C1CCCCN=C(N)N.CN.CO.Cc1ccc2ccccc2c1.O=CCNC(=O)NC(CCC(=O)O)C(=O)O. The van der Waals surface area contributed by atoms with E-state index in [1.807, 2.05) is 19.2 Å². The number of carboxylic acid groups (broad SMARTS) is 2. The highest BCUT2D eigenvalue weighted by atomic mass is 16.4. The first-order valence-electron chi connectivity index (χ1n) is 21.0. The highest BCUT2D eigenvalue weighted by molar-refractivity contribution is 6.00. The summed E-state index contributed by atoms with van der Waals surface area (Å²) in [5.74, 6) is -1.29. The maximum absolute atomic E-state index is 11.8. The van der Waals surface area contributed by atoms with Crippen LogP contribution in [0.3, 0.4) is 0 Å². The number of nitrogens with zero attached hydrogens (tertiary/aromatic N) is 2. The number of hydrogen-bond donors (Lipinski definition) is 10. The van der Waals surface area contributed by atoms with E-state index in [0.717, 1.165) is 65.1 Å². The third kappa shape index (κ3) is 33.9. The summed E-state index contributed by atoms with van der Waals surface area (Å²) < 4.78 is 0. The number of carbonyl (C=O) groups is 5. The van der Waals surface area contributed by atoms with Gasteiger partial charge in [0.1, 0.15) is 12.3 Å². The topological polar surface area (TPSA) is 297 Å². The van der Waals surface area contributed by atoms with Crippen LogP contribution in [0.4, 0.5) is 4.79 Å². The van der Waals surface area contributed by atoms with Crippen LogP contribution in [0.25, 0.3) is 10.8 Å². The van der Waals surface area contributed by atoms with Crippen LogP contribution in [0.15, 0.2) is 64.8 Å². The second-order valence-electron chi connectivity index (χ2n) is 13.3. The molecule has 0 bridgehead atoms. The number of hydrogen-bond acceptors (Lipinski definition) is 10. The van der Waals surface area contributed by atoms with Gasteiger partial charge in [0.15, 0.2) is 5.96 Å². The van der Waals surface area contributed by atoms with Gasteiger partial charge in [-0.3, -0.25) is 19.6 Å². The van der Waals surface area contributed by atoms with Crippen molar-refractivity contribution in [2.24, 2.45) is 33.1 Å². The summed E-state index contributed by atoms with van der Waals surface area (Å²) >= 11 is 0. The van der Waals surface area contributed by atoms with Crippen LogP contribution in [-0.2, 0) is 19.2 Å². The Kier molecular flexibility index (Phi) is 39.1. The zero-order valence-electron chi connectivity index (χ0n) is 37.7. The van der Waals surface area contributed by atoms with Crippen molar-refractivity contribution < 1.29 is 39.3 Å². The molecule has 1 aliphatic heterocycles. The second kappa shape index (κ2) is 39.9. The number of aliphatic imine (C=N–C) groups is 2. The molecule has 13 N–H and O–H groups in total. The fraction of sp³-hybridized carbons (Fsp3) is 0.568. The fourth-order valence-corrected chi connectivity index (χ4v) is 5.36. The minimum Gasteiger partial charge on any atom is -0.481 e. The number of benzene rings is 2. The van der Waals surface area contributed by atoms with Gasteiger partial charge in [-0.15, -0.1) is 0 Å². The highest BCUT2D eigenvalue weighted by Crippen LogP contribution is 2.23. The van der Waals surface area contributed by atoms with E-state index in [0.29, 0.717) is 18.1 Å². The van der Waals surface area contributed by atoms with E-state index in [4.69, 9.17) is 26.8 Å². The van der Waals surface area contributed by atoms with Crippen molar-refractivity contribution >= 4 is 52.6 Å². The average molecular weight is 860 g/mol. The largest absolute Gasteiger partial charge is 0.481 e. The number of nitrogens with two attached hydrogens (primary N) is 3. The third-order valence-corrected chi connectivity index (χ3v) is 8.53. The van der Waals surface area contributed by atoms with Gasteiger partial charge in [0, 0.05) is 38.2 Å². The van der Waals surface area contributed by atoms with Gasteiger partial charge < -0.3 is 58.6 Å². The van der Waals surface area contributed by atoms with Crippen molar-refractivity contribution in [3.63, 3.8) is 0 Å². The van der Waals surface area contributed by atoms with Crippen LogP contribution in [0.2, 0.25) is 0 Å². The van der Waals surface area contributed by atoms with Crippen LogP contribution in [0.1, 0.15) is 110 Å². The molecule has 0 aromatic heterocycles. The van der Waals surface area contributed by atoms with E-state index in [2.05, 4.69) is 101 Å². The first-order chi connectivity index (χ1) is 29.3. The molecule has 2 aliphatic rings. The Balaban J connectivity index is -0.000000710. The van der Waals surface area contributed by atoms with Crippen LogP contribution in [-0.4, -0.2) is 103 Å². The third-order valence-electron chi connectivity index (χ3n) is 8.53. The normalized spacial score (nSPS) is 13.5. The number of unbranched alkanes of at least 4 members (excludes halogenated alkanes) is 2. The maximum Gasteiger partial charge on any atom is 0.326 e. The molecule has 1 aliphatic carbocycles. The molecular formula is C44H77N9O8. The summed E-state index contributed by atoms with van der Waals surface area (Å²) in [5, 5.41) is 36.8. The molecule has 0 radical (unpaired) electrons. The smallest absolute Gasteiger partial charge is 0.326 e. The molecule has 3 amide bonds. The summed E-state index contributed by atoms with van der Waals surface area (Å²) in [4.78, 5) is 61.7. The second-order valence-corrected chi connectivity index (χ2v) is 13.3. The Bertz CT molecular complexity index is 1580. The lowest BCUT2D eigenvalue weighted by Gasteiger charge is -2.21. The molecule has 346 valence electrons. The van der Waals surface area contributed by atoms with Crippen molar-refractivity contribution in [1.29, 1.82) is 0 Å². The monoisotopic (exact) mass is 860 g/mol. The number of carbonyl (C=O) groups excluding carboxylic acids is 3. The predicted molar refractivity (Wildman–Crippen MR) is 247 cm³/mol. The molecule has 17 nitrogen and oxygen atoms in total. The number of amides is 3. The summed E-state index contributed by atoms with van der Waals surface area (Å²) in [6.45, 7) is 15.6. The van der Waals surface area contributed by atoms with Gasteiger partial charge in [-0.05, 0) is 76.6 Å². The van der Waals surface area contributed by atoms with Gasteiger partial charge in [0.05, 0.1) is 18.4 Å². The number of rotatable bonds is 18. The molecule has 2 atom stereocenters. The molecule has 1 fully saturated rings. The number of carboxylic acids is 2. The van der Waals surface area contributed by atoms with Gasteiger partial charge >= 0.3 is 18.0 Å². The van der Waals surface area contributed by atoms with E-state index >= 15 is 0 Å². The zero-order chi connectivity index (χ0) is 47.0. The Morgan fingerprint density at radius 1 is 0.951 bits per heavy atom. The molecule has 0 spiro atoms. The van der Waals surface area contributed by atoms with Crippen LogP contribution in [0, 0.1) is 12.8 Å². The average Bonchev–Trinajstić information content (AvgIpc) is 3.98. The highest BCUT2D eigenvalue weighted by Gasteiger charge is 2.22. The number of aliphatic hydroxyl groups excluding tert-OH is 1. The standard InChI is InChI=1S/C13H24N2O.C11H10.C8H16N4.C8H12N2O6.C2H6.CH5N.CH4O/c1-3-4-10-14-11(2)15-13(16)12-8-6-5-7-9-12;1-9-6-7-10-4-2-3-5-11(10)8-9;1-6-7(12-6)4-2-3-5-11-8(9)10;11-4-3-9-8(16)10-5(7(14)15)1-2-6(12)13;3*1-2/h12,14H,2-10H2,1H3,(H,15,16);2-8H,1H3;6H,2-5H2,1H3,(H4,9,10,11);4-5H,1-3H2,(H,12,13)(H,14,15)(H2,9,10,16);1-2H3;2H2,1H3;2H,1H3. The minimum atomic E-state index is -1.33. The van der Waals surface area contributed by atoms with Gasteiger partial charge in [0.25, 0.3) is 0 Å². The van der Waals surface area contributed by atoms with Crippen molar-refractivity contribution in [2.45, 2.75) is 124 Å². The summed E-state index contributed by atoms with van der Waals surface area (Å²) in [6, 6.07) is 13.3. The Morgan fingerprint density at radius 3 is 2.08 bits per heavy atom. The molecule has 61 heavy (non-hydrogen) atoms. The Hall–Kier alpha value is -5.55. The number of fused-ring (bicyclic) bond motifs is 1. The number of guanidine groups is 1. The van der Waals surface area contributed by atoms with Gasteiger partial charge in [0.2, 0.25) is 5.91 Å². The zero-order valence-corrected chi connectivity index (χ0v) is 37.7. The van der Waals surface area contributed by atoms with E-state index < -0.39 is 24.0 Å². The first-order valence-corrected chi connectivity index (χ1v) is 21.0. The number of aldehydes is 1. The van der Waals surface area contributed by atoms with Gasteiger partial charge in [-0.25, -0.2) is 9.59 Å². The quantitative estimate of drug-likeness (QED) is 0.0411. The molecule has 0 saturated heterocycles. The first kappa shape index (κ1) is 59.8. The molecule has 1 saturated carbocycles. The van der Waals surface area contributed by atoms with E-state index in [1.165, 1.54) is 48.4 Å². The van der Waals surface area contributed by atoms with Gasteiger partial charge in [-0.1, -0.05) is 101 Å². The van der Waals surface area contributed by atoms with Crippen LogP contribution >= 0.6 is 0 Å². The van der Waals surface area contributed by atoms with E-state index in [-0.39, 0.29) is 37.2 Å². The lowest BCUT2D eigenvalue weighted by atomic mass is 9.89. The number of aliphatic carboxylic acids is 2. The number of aryl methyl sites for hydroxylation is 1. The van der Waals surface area contributed by atoms with E-state index in [9.17, 15) is 24.0 Å². The number of nitrogens with one attached hydrogen (secondary N) is 4. The molecule has 2 aromatic rings. The summed E-state index contributed by atoms with van der Waals surface area (Å²) in [6.07, 6.45) is 11.1.